The molecule has 2 unspecified atom stereocenters. The third kappa shape index (κ3) is 2.19. The SMILES string of the molecule is CCCC1CC1N(C)C(C)C. The normalized spacial score (nSPS) is 30.0. The van der Waals surface area contributed by atoms with Crippen molar-refractivity contribution in [3.8, 4) is 0 Å². The Morgan fingerprint density at radius 1 is 1.45 bits per heavy atom. The number of rotatable bonds is 4. The molecule has 0 aliphatic heterocycles. The predicted molar refractivity (Wildman–Crippen MR) is 49.7 cm³/mol. The molecule has 0 aromatic heterocycles. The summed E-state index contributed by atoms with van der Waals surface area (Å²) in [5, 5.41) is 0. The lowest BCUT2D eigenvalue weighted by molar-refractivity contribution is 0.249. The Bertz CT molecular complexity index is 120. The maximum Gasteiger partial charge on any atom is 0.0127 e. The lowest BCUT2D eigenvalue weighted by Gasteiger charge is -2.21. The van der Waals surface area contributed by atoms with Crippen LogP contribution >= 0.6 is 0 Å². The van der Waals surface area contributed by atoms with Crippen molar-refractivity contribution in [3.63, 3.8) is 0 Å². The highest BCUT2D eigenvalue weighted by molar-refractivity contribution is 4.94. The molecular formula is C10H21N. The maximum atomic E-state index is 2.51. The van der Waals surface area contributed by atoms with E-state index in [9.17, 15) is 0 Å². The van der Waals surface area contributed by atoms with Gasteiger partial charge in [0.25, 0.3) is 0 Å². The lowest BCUT2D eigenvalue weighted by atomic mass is 10.2. The van der Waals surface area contributed by atoms with E-state index in [2.05, 4.69) is 32.7 Å². The zero-order chi connectivity index (χ0) is 8.43. The van der Waals surface area contributed by atoms with Crippen molar-refractivity contribution in [1.82, 2.24) is 4.90 Å². The van der Waals surface area contributed by atoms with E-state index in [0.29, 0.717) is 0 Å². The summed E-state index contributed by atoms with van der Waals surface area (Å²) in [6.07, 6.45) is 4.23. The summed E-state index contributed by atoms with van der Waals surface area (Å²) in [4.78, 5) is 2.51. The highest BCUT2D eigenvalue weighted by Crippen LogP contribution is 2.39. The van der Waals surface area contributed by atoms with Gasteiger partial charge in [0.05, 0.1) is 0 Å². The van der Waals surface area contributed by atoms with Gasteiger partial charge in [-0.1, -0.05) is 13.3 Å². The second-order valence-electron chi connectivity index (χ2n) is 4.11. The van der Waals surface area contributed by atoms with Gasteiger partial charge in [-0.3, -0.25) is 0 Å². The van der Waals surface area contributed by atoms with Crippen molar-refractivity contribution in [2.75, 3.05) is 7.05 Å². The second-order valence-corrected chi connectivity index (χ2v) is 4.11. The van der Waals surface area contributed by atoms with Crippen LogP contribution in [0.2, 0.25) is 0 Å². The van der Waals surface area contributed by atoms with E-state index in [0.717, 1.165) is 18.0 Å². The molecule has 1 fully saturated rings. The molecule has 0 bridgehead atoms. The van der Waals surface area contributed by atoms with Crippen LogP contribution in [0.25, 0.3) is 0 Å². The van der Waals surface area contributed by atoms with Crippen LogP contribution in [-0.4, -0.2) is 24.0 Å². The van der Waals surface area contributed by atoms with E-state index in [1.165, 1.54) is 19.3 Å². The number of nitrogens with zero attached hydrogens (tertiary/aromatic N) is 1. The Hall–Kier alpha value is -0.0400. The molecule has 1 nitrogen and oxygen atoms in total. The fourth-order valence-corrected chi connectivity index (χ4v) is 1.79. The Labute approximate surface area is 70.8 Å². The minimum absolute atomic E-state index is 0.724. The summed E-state index contributed by atoms with van der Waals surface area (Å²) in [6.45, 7) is 6.84. The first-order valence-corrected chi connectivity index (χ1v) is 4.88. The fourth-order valence-electron chi connectivity index (χ4n) is 1.79. The van der Waals surface area contributed by atoms with Gasteiger partial charge < -0.3 is 4.90 Å². The minimum atomic E-state index is 0.724. The van der Waals surface area contributed by atoms with Crippen LogP contribution in [0.1, 0.15) is 40.0 Å². The van der Waals surface area contributed by atoms with Crippen molar-refractivity contribution in [2.45, 2.75) is 52.1 Å². The van der Waals surface area contributed by atoms with Crippen molar-refractivity contribution in [3.05, 3.63) is 0 Å². The van der Waals surface area contributed by atoms with E-state index in [1.54, 1.807) is 0 Å². The summed E-state index contributed by atoms with van der Waals surface area (Å²) in [7, 11) is 2.25. The van der Waals surface area contributed by atoms with Gasteiger partial charge in [-0.05, 0) is 39.7 Å². The Kier molecular flexibility index (Phi) is 2.94. The summed E-state index contributed by atoms with van der Waals surface area (Å²) < 4.78 is 0. The molecule has 11 heavy (non-hydrogen) atoms. The number of hydrogen-bond donors (Lipinski definition) is 0. The molecule has 0 aromatic rings. The quantitative estimate of drug-likeness (QED) is 0.603. The molecule has 1 aliphatic rings. The standard InChI is InChI=1S/C10H21N/c1-5-6-9-7-10(9)11(4)8(2)3/h8-10H,5-7H2,1-4H3. The van der Waals surface area contributed by atoms with E-state index < -0.39 is 0 Å². The fraction of sp³-hybridized carbons (Fsp3) is 1.00. The molecule has 0 radical (unpaired) electrons. The minimum Gasteiger partial charge on any atom is -0.301 e. The van der Waals surface area contributed by atoms with Gasteiger partial charge in [-0.15, -0.1) is 0 Å². The van der Waals surface area contributed by atoms with E-state index >= 15 is 0 Å². The van der Waals surface area contributed by atoms with Gasteiger partial charge in [-0.25, -0.2) is 0 Å². The van der Waals surface area contributed by atoms with Crippen LogP contribution in [0.3, 0.4) is 0 Å². The van der Waals surface area contributed by atoms with E-state index in [4.69, 9.17) is 0 Å². The molecule has 0 aromatic carbocycles. The molecule has 0 amide bonds. The van der Waals surface area contributed by atoms with E-state index in [-0.39, 0.29) is 0 Å². The Balaban J connectivity index is 2.20. The first-order chi connectivity index (χ1) is 5.16. The van der Waals surface area contributed by atoms with Crippen LogP contribution in [0.4, 0.5) is 0 Å². The van der Waals surface area contributed by atoms with Crippen LogP contribution in [0.5, 0.6) is 0 Å². The first kappa shape index (κ1) is 9.05. The van der Waals surface area contributed by atoms with Crippen LogP contribution in [0.15, 0.2) is 0 Å². The monoisotopic (exact) mass is 155 g/mol. The third-order valence-electron chi connectivity index (χ3n) is 2.88. The molecule has 0 N–H and O–H groups in total. The summed E-state index contributed by atoms with van der Waals surface area (Å²) in [6, 6.07) is 1.64. The average Bonchev–Trinajstić information content (AvgIpc) is 2.67. The smallest absolute Gasteiger partial charge is 0.0127 e. The van der Waals surface area contributed by atoms with Gasteiger partial charge in [0, 0.05) is 12.1 Å². The molecule has 0 heterocycles. The third-order valence-corrected chi connectivity index (χ3v) is 2.88. The van der Waals surface area contributed by atoms with Crippen molar-refractivity contribution >= 4 is 0 Å². The van der Waals surface area contributed by atoms with Crippen LogP contribution < -0.4 is 0 Å². The van der Waals surface area contributed by atoms with Crippen LogP contribution in [0, 0.1) is 5.92 Å². The molecule has 1 heteroatoms. The largest absolute Gasteiger partial charge is 0.301 e. The van der Waals surface area contributed by atoms with Gasteiger partial charge >= 0.3 is 0 Å². The summed E-state index contributed by atoms with van der Waals surface area (Å²) >= 11 is 0. The highest BCUT2D eigenvalue weighted by atomic mass is 15.2. The lowest BCUT2D eigenvalue weighted by Crippen LogP contribution is -2.29. The summed E-state index contributed by atoms with van der Waals surface area (Å²) in [5.41, 5.74) is 0. The van der Waals surface area contributed by atoms with Gasteiger partial charge in [0.1, 0.15) is 0 Å². The Morgan fingerprint density at radius 3 is 2.55 bits per heavy atom. The molecule has 0 saturated heterocycles. The zero-order valence-electron chi connectivity index (χ0n) is 8.30. The Morgan fingerprint density at radius 2 is 2.09 bits per heavy atom. The highest BCUT2D eigenvalue weighted by Gasteiger charge is 2.39. The summed E-state index contributed by atoms with van der Waals surface area (Å²) in [5.74, 6) is 1.02. The molecule has 1 aliphatic carbocycles. The van der Waals surface area contributed by atoms with Gasteiger partial charge in [0.2, 0.25) is 0 Å². The maximum absolute atomic E-state index is 2.51. The molecule has 66 valence electrons. The molecule has 1 saturated carbocycles. The molecule has 2 atom stereocenters. The first-order valence-electron chi connectivity index (χ1n) is 4.88. The molecule has 0 spiro atoms. The second kappa shape index (κ2) is 3.57. The average molecular weight is 155 g/mol. The van der Waals surface area contributed by atoms with Crippen molar-refractivity contribution < 1.29 is 0 Å². The van der Waals surface area contributed by atoms with E-state index in [1.807, 2.05) is 0 Å². The van der Waals surface area contributed by atoms with Crippen molar-refractivity contribution in [1.29, 1.82) is 0 Å². The molecular weight excluding hydrogens is 134 g/mol. The van der Waals surface area contributed by atoms with Gasteiger partial charge in [0.15, 0.2) is 0 Å². The zero-order valence-corrected chi connectivity index (χ0v) is 8.30. The molecule has 1 rings (SSSR count). The predicted octanol–water partition coefficient (Wildman–Crippen LogP) is 2.52. The van der Waals surface area contributed by atoms with Gasteiger partial charge in [-0.2, -0.15) is 0 Å². The van der Waals surface area contributed by atoms with Crippen LogP contribution in [-0.2, 0) is 0 Å². The number of hydrogen-bond acceptors (Lipinski definition) is 1. The topological polar surface area (TPSA) is 3.24 Å². The van der Waals surface area contributed by atoms with Crippen molar-refractivity contribution in [2.24, 2.45) is 5.92 Å².